The molecule has 5 aromatic carbocycles. The Hall–Kier alpha value is -4.54. The monoisotopic (exact) mass is 483 g/mol. The summed E-state index contributed by atoms with van der Waals surface area (Å²) in [5, 5.41) is 4.76. The molecule has 4 nitrogen and oxygen atoms in total. The lowest BCUT2D eigenvalue weighted by atomic mass is 9.99. The number of rotatable bonds is 3. The van der Waals surface area contributed by atoms with Gasteiger partial charge >= 0.3 is 0 Å². The third-order valence-corrected chi connectivity index (χ3v) is 6.60. The van der Waals surface area contributed by atoms with Crippen LogP contribution in [-0.2, 0) is 0 Å². The Morgan fingerprint density at radius 2 is 1.22 bits per heavy atom. The number of para-hydroxylation sites is 1. The summed E-state index contributed by atoms with van der Waals surface area (Å²) in [5.41, 5.74) is 4.31. The first-order valence-electron chi connectivity index (χ1n) is 11.7. The van der Waals surface area contributed by atoms with Gasteiger partial charge in [-0.3, -0.25) is 0 Å². The standard InChI is InChI=1S/C31H18ClN3O/c32-22-13-8-12-21(17-22)30-33-29(19-9-2-1-3-10-19)34-31(35-30)25-18-20-11-4-5-14-23(20)28-27(25)24-15-6-7-16-26(24)36-28/h1-18H. The zero-order valence-corrected chi connectivity index (χ0v) is 19.8. The molecule has 0 radical (unpaired) electrons. The van der Waals surface area contributed by atoms with Crippen molar-refractivity contribution in [3.8, 4) is 34.2 Å². The maximum Gasteiger partial charge on any atom is 0.164 e. The van der Waals surface area contributed by atoms with Crippen LogP contribution in [0.4, 0.5) is 0 Å². The smallest absolute Gasteiger partial charge is 0.164 e. The van der Waals surface area contributed by atoms with Crippen LogP contribution in [0.1, 0.15) is 0 Å². The molecule has 0 aliphatic carbocycles. The van der Waals surface area contributed by atoms with E-state index >= 15 is 0 Å². The third kappa shape index (κ3) is 3.43. The van der Waals surface area contributed by atoms with Gasteiger partial charge in [0.2, 0.25) is 0 Å². The van der Waals surface area contributed by atoms with Gasteiger partial charge in [-0.05, 0) is 29.7 Å². The van der Waals surface area contributed by atoms with Crippen LogP contribution < -0.4 is 0 Å². The van der Waals surface area contributed by atoms with Crippen molar-refractivity contribution in [3.05, 3.63) is 114 Å². The summed E-state index contributed by atoms with van der Waals surface area (Å²) in [4.78, 5) is 14.8. The van der Waals surface area contributed by atoms with E-state index in [1.807, 2.05) is 84.9 Å². The van der Waals surface area contributed by atoms with E-state index < -0.39 is 0 Å². The predicted molar refractivity (Wildman–Crippen MR) is 146 cm³/mol. The largest absolute Gasteiger partial charge is 0.455 e. The van der Waals surface area contributed by atoms with Crippen molar-refractivity contribution in [2.24, 2.45) is 0 Å². The summed E-state index contributed by atoms with van der Waals surface area (Å²) < 4.78 is 6.38. The second-order valence-corrected chi connectivity index (χ2v) is 9.07. The zero-order valence-electron chi connectivity index (χ0n) is 19.0. The topological polar surface area (TPSA) is 51.8 Å². The molecule has 2 heterocycles. The number of hydrogen-bond acceptors (Lipinski definition) is 4. The highest BCUT2D eigenvalue weighted by Crippen LogP contribution is 2.40. The Balaban J connectivity index is 1.59. The van der Waals surface area contributed by atoms with Crippen LogP contribution in [0.15, 0.2) is 114 Å². The molecule has 0 spiro atoms. The van der Waals surface area contributed by atoms with Crippen LogP contribution in [0.5, 0.6) is 0 Å². The first-order chi connectivity index (χ1) is 17.7. The van der Waals surface area contributed by atoms with E-state index in [0.29, 0.717) is 22.5 Å². The third-order valence-electron chi connectivity index (χ3n) is 6.36. The molecule has 0 aliphatic heterocycles. The summed E-state index contributed by atoms with van der Waals surface area (Å²) in [6, 6.07) is 36.0. The summed E-state index contributed by atoms with van der Waals surface area (Å²) in [6.07, 6.45) is 0. The van der Waals surface area contributed by atoms with Gasteiger partial charge in [0.15, 0.2) is 17.5 Å². The van der Waals surface area contributed by atoms with Crippen LogP contribution in [0.2, 0.25) is 5.02 Å². The summed E-state index contributed by atoms with van der Waals surface area (Å²) >= 11 is 6.32. The van der Waals surface area contributed by atoms with Gasteiger partial charge in [0.1, 0.15) is 11.2 Å². The van der Waals surface area contributed by atoms with Crippen molar-refractivity contribution >= 4 is 44.3 Å². The van der Waals surface area contributed by atoms with Crippen LogP contribution in [0.25, 0.3) is 66.9 Å². The number of aromatic nitrogens is 3. The van der Waals surface area contributed by atoms with E-state index in [-0.39, 0.29) is 0 Å². The fourth-order valence-electron chi connectivity index (χ4n) is 4.71. The molecule has 0 bridgehead atoms. The molecule has 0 N–H and O–H groups in total. The summed E-state index contributed by atoms with van der Waals surface area (Å²) in [5.74, 6) is 1.75. The van der Waals surface area contributed by atoms with Gasteiger partial charge in [-0.15, -0.1) is 0 Å². The van der Waals surface area contributed by atoms with Gasteiger partial charge in [0, 0.05) is 37.9 Å². The van der Waals surface area contributed by atoms with Crippen LogP contribution in [0, 0.1) is 0 Å². The predicted octanol–water partition coefficient (Wildman–Crippen LogP) is 8.58. The SMILES string of the molecule is Clc1cccc(-c2nc(-c3ccccc3)nc(-c3cc4ccccc4c4oc5ccccc5c34)n2)c1. The molecule has 36 heavy (non-hydrogen) atoms. The van der Waals surface area contributed by atoms with Gasteiger partial charge in [0.05, 0.1) is 0 Å². The number of furan rings is 1. The molecule has 0 saturated carbocycles. The second-order valence-electron chi connectivity index (χ2n) is 8.63. The molecule has 0 amide bonds. The number of hydrogen-bond donors (Lipinski definition) is 0. The van der Waals surface area contributed by atoms with E-state index in [2.05, 4.69) is 24.3 Å². The van der Waals surface area contributed by atoms with Crippen molar-refractivity contribution in [3.63, 3.8) is 0 Å². The van der Waals surface area contributed by atoms with E-state index in [9.17, 15) is 0 Å². The van der Waals surface area contributed by atoms with Crippen LogP contribution >= 0.6 is 11.6 Å². The summed E-state index contributed by atoms with van der Waals surface area (Å²) in [7, 11) is 0. The lowest BCUT2D eigenvalue weighted by molar-refractivity contribution is 0.672. The Labute approximate surface area is 211 Å². The highest BCUT2D eigenvalue weighted by atomic mass is 35.5. The van der Waals surface area contributed by atoms with Crippen molar-refractivity contribution in [1.82, 2.24) is 15.0 Å². The highest BCUT2D eigenvalue weighted by Gasteiger charge is 2.20. The molecule has 0 unspecified atom stereocenters. The number of nitrogens with zero attached hydrogens (tertiary/aromatic N) is 3. The molecule has 0 saturated heterocycles. The summed E-state index contributed by atoms with van der Waals surface area (Å²) in [6.45, 7) is 0. The quantitative estimate of drug-likeness (QED) is 0.252. The first kappa shape index (κ1) is 20.8. The molecule has 0 fully saturated rings. The second kappa shape index (κ2) is 8.29. The molecule has 7 aromatic rings. The van der Waals surface area contributed by atoms with Gasteiger partial charge < -0.3 is 4.42 Å². The lowest BCUT2D eigenvalue weighted by Crippen LogP contribution is -2.00. The minimum Gasteiger partial charge on any atom is -0.455 e. The van der Waals surface area contributed by atoms with E-state index in [0.717, 1.165) is 49.4 Å². The maximum absolute atomic E-state index is 6.38. The van der Waals surface area contributed by atoms with Crippen molar-refractivity contribution in [2.45, 2.75) is 0 Å². The van der Waals surface area contributed by atoms with E-state index in [1.54, 1.807) is 0 Å². The number of benzene rings is 5. The molecule has 0 atom stereocenters. The average molecular weight is 484 g/mol. The number of halogens is 1. The Bertz CT molecular complexity index is 1910. The lowest BCUT2D eigenvalue weighted by Gasteiger charge is -2.10. The Morgan fingerprint density at radius 3 is 2.06 bits per heavy atom. The Kier molecular flexibility index (Phi) is 4.79. The minimum absolute atomic E-state index is 0.565. The van der Waals surface area contributed by atoms with Crippen LogP contribution in [-0.4, -0.2) is 15.0 Å². The number of fused-ring (bicyclic) bond motifs is 5. The van der Waals surface area contributed by atoms with Crippen molar-refractivity contribution in [1.29, 1.82) is 0 Å². The first-order valence-corrected chi connectivity index (χ1v) is 12.0. The molecule has 170 valence electrons. The van der Waals surface area contributed by atoms with Crippen molar-refractivity contribution in [2.75, 3.05) is 0 Å². The highest BCUT2D eigenvalue weighted by molar-refractivity contribution is 6.30. The molecule has 7 rings (SSSR count). The molecular weight excluding hydrogens is 466 g/mol. The maximum atomic E-state index is 6.38. The molecular formula is C31H18ClN3O. The minimum atomic E-state index is 0.565. The normalized spacial score (nSPS) is 11.5. The average Bonchev–Trinajstić information content (AvgIpc) is 3.33. The molecule has 5 heteroatoms. The molecule has 2 aromatic heterocycles. The Morgan fingerprint density at radius 1 is 0.556 bits per heavy atom. The van der Waals surface area contributed by atoms with E-state index in [1.165, 1.54) is 0 Å². The fourth-order valence-corrected chi connectivity index (χ4v) is 4.90. The van der Waals surface area contributed by atoms with Gasteiger partial charge in [0.25, 0.3) is 0 Å². The van der Waals surface area contributed by atoms with Gasteiger partial charge in [-0.2, -0.15) is 0 Å². The van der Waals surface area contributed by atoms with Gasteiger partial charge in [-0.1, -0.05) is 96.5 Å². The zero-order chi connectivity index (χ0) is 24.1. The van der Waals surface area contributed by atoms with E-state index in [4.69, 9.17) is 31.0 Å². The molecule has 0 aliphatic rings. The van der Waals surface area contributed by atoms with Crippen LogP contribution in [0.3, 0.4) is 0 Å². The van der Waals surface area contributed by atoms with Gasteiger partial charge in [-0.25, -0.2) is 15.0 Å². The van der Waals surface area contributed by atoms with Crippen molar-refractivity contribution < 1.29 is 4.42 Å². The fraction of sp³-hybridized carbons (Fsp3) is 0.